The smallest absolute Gasteiger partial charge is 0.148 e. The molecule has 7 bridgehead atoms. The molecule has 0 aromatic rings. The normalized spacial score (nSPS) is 63.4. The topological polar surface area (TPSA) is 69.6 Å². The second kappa shape index (κ2) is 6.23. The number of aliphatic hydroxyl groups is 1. The highest BCUT2D eigenvalue weighted by atomic mass is 16.7. The molecule has 7 rings (SSSR count). The zero-order chi connectivity index (χ0) is 21.3. The third kappa shape index (κ3) is 1.80. The molecule has 0 aromatic heterocycles. The van der Waals surface area contributed by atoms with E-state index in [-0.39, 0.29) is 48.4 Å². The van der Waals surface area contributed by atoms with Gasteiger partial charge in [0.2, 0.25) is 0 Å². The van der Waals surface area contributed by atoms with E-state index in [1.807, 2.05) is 21.3 Å². The van der Waals surface area contributed by atoms with E-state index in [1.54, 1.807) is 0 Å². The Balaban J connectivity index is 1.54. The molecule has 0 aromatic carbocycles. The largest absolute Gasteiger partial charge is 0.390 e. The average Bonchev–Trinajstić information content (AvgIpc) is 3.35. The maximum Gasteiger partial charge on any atom is 0.148 e. The predicted octanol–water partition coefficient (Wildman–Crippen LogP) is 1.27. The van der Waals surface area contributed by atoms with Crippen LogP contribution in [-0.4, -0.2) is 92.9 Å². The fourth-order valence-electron chi connectivity index (χ4n) is 11.0. The van der Waals surface area contributed by atoms with Gasteiger partial charge in [-0.1, -0.05) is 6.92 Å². The second-order valence-corrected chi connectivity index (χ2v) is 11.3. The van der Waals surface area contributed by atoms with Crippen LogP contribution in [0.1, 0.15) is 32.6 Å². The molecule has 5 aliphatic carbocycles. The van der Waals surface area contributed by atoms with Gasteiger partial charge in [-0.3, -0.25) is 4.90 Å². The number of nitrogens with zero attached hydrogens (tertiary/aromatic N) is 1. The van der Waals surface area contributed by atoms with Gasteiger partial charge in [0.15, 0.2) is 0 Å². The van der Waals surface area contributed by atoms with E-state index in [4.69, 9.17) is 23.7 Å². The molecule has 7 heteroatoms. The average molecular weight is 436 g/mol. The molecule has 7 nitrogen and oxygen atoms in total. The Kier molecular flexibility index (Phi) is 4.05. The first kappa shape index (κ1) is 20.1. The first-order valence-electron chi connectivity index (χ1n) is 12.3. The van der Waals surface area contributed by atoms with Crippen LogP contribution in [0.5, 0.6) is 0 Å². The van der Waals surface area contributed by atoms with Gasteiger partial charge < -0.3 is 28.8 Å². The first-order valence-corrected chi connectivity index (χ1v) is 12.3. The van der Waals surface area contributed by atoms with Gasteiger partial charge >= 0.3 is 0 Å². The van der Waals surface area contributed by atoms with Crippen molar-refractivity contribution in [1.29, 1.82) is 0 Å². The quantitative estimate of drug-likeness (QED) is 0.713. The van der Waals surface area contributed by atoms with Gasteiger partial charge in [0.25, 0.3) is 0 Å². The lowest BCUT2D eigenvalue weighted by Gasteiger charge is -2.68. The Morgan fingerprint density at radius 2 is 1.90 bits per heavy atom. The fourth-order valence-corrected chi connectivity index (χ4v) is 11.0. The zero-order valence-corrected chi connectivity index (χ0v) is 19.2. The molecule has 2 aliphatic heterocycles. The molecule has 13 atom stereocenters. The van der Waals surface area contributed by atoms with Crippen LogP contribution in [0.25, 0.3) is 0 Å². The zero-order valence-electron chi connectivity index (χ0n) is 19.2. The molecule has 2 saturated heterocycles. The minimum absolute atomic E-state index is 0.0584. The van der Waals surface area contributed by atoms with Crippen LogP contribution in [0.15, 0.2) is 0 Å². The number of hydrogen-bond donors (Lipinski definition) is 1. The monoisotopic (exact) mass is 435 g/mol. The molecule has 1 N–H and O–H groups in total. The van der Waals surface area contributed by atoms with E-state index in [9.17, 15) is 5.11 Å². The van der Waals surface area contributed by atoms with Crippen LogP contribution < -0.4 is 0 Å². The number of aliphatic hydroxyl groups excluding tert-OH is 1. The summed E-state index contributed by atoms with van der Waals surface area (Å²) in [6.07, 6.45) is 3.75. The number of methoxy groups -OCH3 is 3. The number of likely N-dealkylation sites (tertiary alicyclic amines) is 1. The number of rotatable bonds is 4. The third-order valence-electron chi connectivity index (χ3n) is 11.4. The molecular formula is C24H37NO6. The lowest BCUT2D eigenvalue weighted by atomic mass is 9.45. The minimum atomic E-state index is -0.742. The summed E-state index contributed by atoms with van der Waals surface area (Å²) in [7, 11) is 5.54. The van der Waals surface area contributed by atoms with Gasteiger partial charge in [0.05, 0.1) is 30.5 Å². The van der Waals surface area contributed by atoms with Gasteiger partial charge in [0.1, 0.15) is 18.0 Å². The van der Waals surface area contributed by atoms with Crippen molar-refractivity contribution in [3.8, 4) is 0 Å². The number of hydrogen-bond acceptors (Lipinski definition) is 7. The Bertz CT molecular complexity index is 781. The summed E-state index contributed by atoms with van der Waals surface area (Å²) in [6, 6.07) is 0.113. The first-order chi connectivity index (χ1) is 15.1. The predicted molar refractivity (Wildman–Crippen MR) is 110 cm³/mol. The Hall–Kier alpha value is -0.280. The van der Waals surface area contributed by atoms with Crippen LogP contribution in [0, 0.1) is 35.0 Å². The van der Waals surface area contributed by atoms with Crippen LogP contribution in [-0.2, 0) is 23.7 Å². The maximum atomic E-state index is 12.3. The maximum absolute atomic E-state index is 12.3. The molecule has 5 saturated carbocycles. The summed E-state index contributed by atoms with van der Waals surface area (Å²) in [5.74, 6) is 1.63. The van der Waals surface area contributed by atoms with Crippen LogP contribution in [0.2, 0.25) is 0 Å². The molecule has 7 fully saturated rings. The van der Waals surface area contributed by atoms with E-state index in [1.165, 1.54) is 0 Å². The molecule has 7 aliphatic rings. The molecule has 0 amide bonds. The number of piperidine rings is 1. The fraction of sp³-hybridized carbons (Fsp3) is 1.00. The summed E-state index contributed by atoms with van der Waals surface area (Å²) in [5.41, 5.74) is -1.44. The second-order valence-electron chi connectivity index (χ2n) is 11.3. The molecule has 3 spiro atoms. The third-order valence-corrected chi connectivity index (χ3v) is 11.4. The summed E-state index contributed by atoms with van der Waals surface area (Å²) in [5, 5.41) is 12.3. The van der Waals surface area contributed by atoms with Crippen molar-refractivity contribution in [3.05, 3.63) is 0 Å². The lowest BCUT2D eigenvalue weighted by Crippen LogP contribution is -2.80. The number of fused-ring (bicyclic) bond motifs is 1. The summed E-state index contributed by atoms with van der Waals surface area (Å²) in [4.78, 5) is 2.63. The molecule has 0 radical (unpaired) electrons. The van der Waals surface area contributed by atoms with E-state index in [2.05, 4.69) is 11.8 Å². The van der Waals surface area contributed by atoms with Crippen molar-refractivity contribution in [1.82, 2.24) is 4.90 Å². The summed E-state index contributed by atoms with van der Waals surface area (Å²) >= 11 is 0. The van der Waals surface area contributed by atoms with E-state index in [0.29, 0.717) is 17.8 Å². The van der Waals surface area contributed by atoms with Gasteiger partial charge in [-0.05, 0) is 37.6 Å². The molecule has 2 heterocycles. The molecule has 174 valence electrons. The number of ether oxygens (including phenoxy) is 5. The Morgan fingerprint density at radius 3 is 2.61 bits per heavy atom. The summed E-state index contributed by atoms with van der Waals surface area (Å²) < 4.78 is 32.1. The van der Waals surface area contributed by atoms with E-state index in [0.717, 1.165) is 38.8 Å². The van der Waals surface area contributed by atoms with E-state index < -0.39 is 17.3 Å². The number of likely N-dealkylation sites (N-methyl/N-ethyl adjacent to an activating group) is 1. The summed E-state index contributed by atoms with van der Waals surface area (Å²) in [6.45, 7) is 4.51. The SMILES string of the molecule is CCN1CC2CCC(OC)C34C5CC6C(OC)CC7(OCOC7(C(O)C23)C14)C5C6OC. The lowest BCUT2D eigenvalue weighted by molar-refractivity contribution is -0.275. The Morgan fingerprint density at radius 1 is 1.06 bits per heavy atom. The molecule has 13 unspecified atom stereocenters. The highest BCUT2D eigenvalue weighted by molar-refractivity contribution is 5.41. The van der Waals surface area contributed by atoms with Crippen molar-refractivity contribution in [2.24, 2.45) is 35.0 Å². The minimum Gasteiger partial charge on any atom is -0.390 e. The highest BCUT2D eigenvalue weighted by Crippen LogP contribution is 2.80. The van der Waals surface area contributed by atoms with E-state index >= 15 is 0 Å². The van der Waals surface area contributed by atoms with Crippen molar-refractivity contribution >= 4 is 0 Å². The highest BCUT2D eigenvalue weighted by Gasteiger charge is 2.92. The van der Waals surface area contributed by atoms with Gasteiger partial charge in [-0.2, -0.15) is 0 Å². The van der Waals surface area contributed by atoms with Crippen LogP contribution >= 0.6 is 0 Å². The van der Waals surface area contributed by atoms with Crippen molar-refractivity contribution in [3.63, 3.8) is 0 Å². The Labute approximate surface area is 184 Å². The molecule has 31 heavy (non-hydrogen) atoms. The van der Waals surface area contributed by atoms with Crippen molar-refractivity contribution in [2.45, 2.75) is 74.3 Å². The standard InChI is InChI=1S/C24H37NO6/c1-5-25-10-12-6-7-16(28-3)23-14-8-13-15(27-2)9-22(18(14)19(13)29-4)24(21(23)25,31-11-30-22)20(26)17(12)23/h12-21,26H,5-11H2,1-4H3. The van der Waals surface area contributed by atoms with Gasteiger partial charge in [0, 0.05) is 57.5 Å². The molecular weight excluding hydrogens is 398 g/mol. The van der Waals surface area contributed by atoms with Gasteiger partial charge in [-0.15, -0.1) is 0 Å². The van der Waals surface area contributed by atoms with Crippen molar-refractivity contribution in [2.75, 3.05) is 41.2 Å². The van der Waals surface area contributed by atoms with Crippen LogP contribution in [0.4, 0.5) is 0 Å². The van der Waals surface area contributed by atoms with Crippen molar-refractivity contribution < 1.29 is 28.8 Å². The van der Waals surface area contributed by atoms with Crippen LogP contribution in [0.3, 0.4) is 0 Å². The van der Waals surface area contributed by atoms with Gasteiger partial charge in [-0.25, -0.2) is 0 Å².